The molecule has 0 fully saturated rings. The van der Waals surface area contributed by atoms with Gasteiger partial charge in [0.05, 0.1) is 26.4 Å². The highest BCUT2D eigenvalue weighted by atomic mass is 16.5. The van der Waals surface area contributed by atoms with Gasteiger partial charge in [0, 0.05) is 12.4 Å². The Balaban J connectivity index is 2.76. The van der Waals surface area contributed by atoms with Gasteiger partial charge in [0.2, 0.25) is 0 Å². The second kappa shape index (κ2) is 8.26. The Morgan fingerprint density at radius 3 is 1.60 bits per heavy atom. The minimum atomic E-state index is 0.341. The van der Waals surface area contributed by atoms with E-state index in [2.05, 4.69) is 0 Å². The molecule has 0 saturated heterocycles. The van der Waals surface area contributed by atoms with Gasteiger partial charge in [-0.1, -0.05) is 0 Å². The molecule has 0 bridgehead atoms. The SMILES string of the molecule is N=CCOCCOCC=N. The normalized spacial score (nSPS) is 9.20. The van der Waals surface area contributed by atoms with E-state index in [1.165, 1.54) is 12.4 Å². The minimum absolute atomic E-state index is 0.341. The van der Waals surface area contributed by atoms with Crippen LogP contribution in [0.5, 0.6) is 0 Å². The van der Waals surface area contributed by atoms with E-state index in [1.807, 2.05) is 0 Å². The summed E-state index contributed by atoms with van der Waals surface area (Å²) >= 11 is 0. The van der Waals surface area contributed by atoms with Gasteiger partial charge in [0.25, 0.3) is 0 Å². The molecule has 0 aliphatic carbocycles. The highest BCUT2D eigenvalue weighted by molar-refractivity contribution is 5.54. The van der Waals surface area contributed by atoms with Gasteiger partial charge in [-0.25, -0.2) is 0 Å². The van der Waals surface area contributed by atoms with Crippen LogP contribution in [0.15, 0.2) is 0 Å². The molecule has 10 heavy (non-hydrogen) atoms. The summed E-state index contributed by atoms with van der Waals surface area (Å²) in [6.07, 6.45) is 2.38. The van der Waals surface area contributed by atoms with Crippen LogP contribution in [0.25, 0.3) is 0 Å². The lowest BCUT2D eigenvalue weighted by Crippen LogP contribution is -2.06. The highest BCUT2D eigenvalue weighted by Gasteiger charge is 1.84. The van der Waals surface area contributed by atoms with Crippen molar-refractivity contribution in [3.05, 3.63) is 0 Å². The molecule has 0 aliphatic rings. The monoisotopic (exact) mass is 144 g/mol. The maximum Gasteiger partial charge on any atom is 0.0812 e. The van der Waals surface area contributed by atoms with Gasteiger partial charge < -0.3 is 20.3 Å². The highest BCUT2D eigenvalue weighted by Crippen LogP contribution is 1.74. The van der Waals surface area contributed by atoms with Crippen LogP contribution in [-0.4, -0.2) is 38.9 Å². The van der Waals surface area contributed by atoms with E-state index in [-0.39, 0.29) is 0 Å². The molecule has 0 aromatic heterocycles. The summed E-state index contributed by atoms with van der Waals surface area (Å²) in [5, 5.41) is 13.2. The van der Waals surface area contributed by atoms with Crippen molar-refractivity contribution in [2.75, 3.05) is 26.4 Å². The van der Waals surface area contributed by atoms with Crippen LogP contribution in [0.3, 0.4) is 0 Å². The maximum absolute atomic E-state index is 6.59. The quantitative estimate of drug-likeness (QED) is 0.399. The Hall–Kier alpha value is -0.740. The summed E-state index contributed by atoms with van der Waals surface area (Å²) in [6.45, 7) is 1.66. The minimum Gasteiger partial charge on any atom is -0.373 e. The fraction of sp³-hybridized carbons (Fsp3) is 0.667. The summed E-state index contributed by atoms with van der Waals surface area (Å²) in [7, 11) is 0. The largest absolute Gasteiger partial charge is 0.373 e. The van der Waals surface area contributed by atoms with Gasteiger partial charge in [0.15, 0.2) is 0 Å². The number of rotatable bonds is 7. The molecule has 0 rings (SSSR count). The van der Waals surface area contributed by atoms with E-state index < -0.39 is 0 Å². The first-order valence-corrected chi connectivity index (χ1v) is 3.05. The third kappa shape index (κ3) is 7.26. The van der Waals surface area contributed by atoms with Gasteiger partial charge in [-0.2, -0.15) is 0 Å². The van der Waals surface area contributed by atoms with E-state index in [0.717, 1.165) is 0 Å². The van der Waals surface area contributed by atoms with Crippen LogP contribution in [-0.2, 0) is 9.47 Å². The number of ether oxygens (including phenoxy) is 2. The maximum atomic E-state index is 6.59. The van der Waals surface area contributed by atoms with E-state index in [1.54, 1.807) is 0 Å². The van der Waals surface area contributed by atoms with Crippen molar-refractivity contribution >= 4 is 12.4 Å². The number of nitrogens with one attached hydrogen (secondary N) is 2. The first-order chi connectivity index (χ1) is 4.91. The van der Waals surface area contributed by atoms with Crippen LogP contribution >= 0.6 is 0 Å². The average molecular weight is 144 g/mol. The van der Waals surface area contributed by atoms with E-state index in [9.17, 15) is 0 Å². The summed E-state index contributed by atoms with van der Waals surface area (Å²) in [4.78, 5) is 0. The first-order valence-electron chi connectivity index (χ1n) is 3.05. The van der Waals surface area contributed by atoms with Crippen molar-refractivity contribution in [3.8, 4) is 0 Å². The van der Waals surface area contributed by atoms with Crippen molar-refractivity contribution in [3.63, 3.8) is 0 Å². The lowest BCUT2D eigenvalue weighted by molar-refractivity contribution is 0.0808. The molecule has 0 unspecified atom stereocenters. The Labute approximate surface area is 60.2 Å². The standard InChI is InChI=1S/C6H12N2O2/c7-1-3-9-5-6-10-4-2-8/h1-2,7-8H,3-6H2. The zero-order valence-corrected chi connectivity index (χ0v) is 5.80. The van der Waals surface area contributed by atoms with Gasteiger partial charge in [-0.05, 0) is 0 Å². The average Bonchev–Trinajstić information content (AvgIpc) is 1.97. The number of hydrogen-bond donors (Lipinski definition) is 2. The van der Waals surface area contributed by atoms with Crippen molar-refractivity contribution in [2.45, 2.75) is 0 Å². The van der Waals surface area contributed by atoms with Gasteiger partial charge in [-0.15, -0.1) is 0 Å². The molecule has 0 aliphatic heterocycles. The Morgan fingerprint density at radius 2 is 1.30 bits per heavy atom. The molecule has 0 aromatic carbocycles. The topological polar surface area (TPSA) is 66.2 Å². The van der Waals surface area contributed by atoms with Crippen molar-refractivity contribution < 1.29 is 9.47 Å². The van der Waals surface area contributed by atoms with E-state index in [0.29, 0.717) is 26.4 Å². The molecular weight excluding hydrogens is 132 g/mol. The summed E-state index contributed by atoms with van der Waals surface area (Å²) in [6, 6.07) is 0. The van der Waals surface area contributed by atoms with Crippen molar-refractivity contribution in [2.24, 2.45) is 0 Å². The molecule has 0 radical (unpaired) electrons. The molecule has 4 heteroatoms. The number of hydrogen-bond acceptors (Lipinski definition) is 4. The summed E-state index contributed by atoms with van der Waals surface area (Å²) in [5.74, 6) is 0. The zero-order chi connectivity index (χ0) is 7.66. The van der Waals surface area contributed by atoms with Crippen LogP contribution in [0.1, 0.15) is 0 Å². The molecule has 0 spiro atoms. The third-order valence-electron chi connectivity index (χ3n) is 0.774. The van der Waals surface area contributed by atoms with Gasteiger partial charge in [-0.3, -0.25) is 0 Å². The van der Waals surface area contributed by atoms with Crippen LogP contribution in [0.2, 0.25) is 0 Å². The molecule has 2 N–H and O–H groups in total. The summed E-state index contributed by atoms with van der Waals surface area (Å²) < 4.78 is 9.77. The Kier molecular flexibility index (Phi) is 7.65. The predicted octanol–water partition coefficient (Wildman–Crippen LogP) is 0.319. The fourth-order valence-electron chi connectivity index (χ4n) is 0.402. The second-order valence-corrected chi connectivity index (χ2v) is 1.56. The van der Waals surface area contributed by atoms with Crippen LogP contribution in [0, 0.1) is 10.8 Å². The fourth-order valence-corrected chi connectivity index (χ4v) is 0.402. The van der Waals surface area contributed by atoms with Gasteiger partial charge >= 0.3 is 0 Å². The summed E-state index contributed by atoms with van der Waals surface area (Å²) in [5.41, 5.74) is 0. The zero-order valence-electron chi connectivity index (χ0n) is 5.80. The predicted molar refractivity (Wildman–Crippen MR) is 39.2 cm³/mol. The molecule has 0 atom stereocenters. The van der Waals surface area contributed by atoms with E-state index >= 15 is 0 Å². The van der Waals surface area contributed by atoms with Crippen molar-refractivity contribution in [1.82, 2.24) is 0 Å². The lowest BCUT2D eigenvalue weighted by atomic mass is 10.7. The molecule has 4 nitrogen and oxygen atoms in total. The van der Waals surface area contributed by atoms with Crippen LogP contribution < -0.4 is 0 Å². The molecule has 0 heterocycles. The molecule has 0 aromatic rings. The van der Waals surface area contributed by atoms with E-state index in [4.69, 9.17) is 20.3 Å². The second-order valence-electron chi connectivity index (χ2n) is 1.56. The molecule has 58 valence electrons. The lowest BCUT2D eigenvalue weighted by Gasteiger charge is -1.99. The third-order valence-corrected chi connectivity index (χ3v) is 0.774. The van der Waals surface area contributed by atoms with Gasteiger partial charge in [0.1, 0.15) is 0 Å². The smallest absolute Gasteiger partial charge is 0.0812 e. The Morgan fingerprint density at radius 1 is 0.900 bits per heavy atom. The first kappa shape index (κ1) is 9.26. The molecule has 0 amide bonds. The van der Waals surface area contributed by atoms with Crippen LogP contribution in [0.4, 0.5) is 0 Å². The molecule has 0 saturated carbocycles. The van der Waals surface area contributed by atoms with Crippen molar-refractivity contribution in [1.29, 1.82) is 10.8 Å². The Bertz CT molecular complexity index is 83.7. The molecular formula is C6H12N2O2.